The van der Waals surface area contributed by atoms with Gasteiger partial charge in [0.1, 0.15) is 0 Å². The smallest absolute Gasteiger partial charge is 0.261 e. The van der Waals surface area contributed by atoms with Crippen molar-refractivity contribution in [3.63, 3.8) is 0 Å². The van der Waals surface area contributed by atoms with Crippen molar-refractivity contribution in [3.8, 4) is 0 Å². The number of hydrogen-bond donors (Lipinski definition) is 1. The Hall–Kier alpha value is -1.07. The van der Waals surface area contributed by atoms with E-state index in [1.165, 1.54) is 18.2 Å². The maximum Gasteiger partial charge on any atom is 0.261 e. The molecule has 0 aliphatic heterocycles. The molecular weight excluding hydrogens is 250 g/mol. The fourth-order valence-corrected chi connectivity index (χ4v) is 2.11. The molecule has 0 aromatic heterocycles. The topological polar surface area (TPSA) is 63.2 Å². The molecule has 86 valence electrons. The van der Waals surface area contributed by atoms with Gasteiger partial charge in [0, 0.05) is 22.3 Å². The van der Waals surface area contributed by atoms with E-state index in [2.05, 4.69) is 5.32 Å². The van der Waals surface area contributed by atoms with Gasteiger partial charge in [-0.3, -0.25) is 4.79 Å². The van der Waals surface area contributed by atoms with Gasteiger partial charge in [0.2, 0.25) is 5.91 Å². The van der Waals surface area contributed by atoms with Crippen molar-refractivity contribution in [3.05, 3.63) is 24.3 Å². The number of nitrogens with one attached hydrogen (secondary N) is 1. The van der Waals surface area contributed by atoms with Crippen LogP contribution >= 0.6 is 10.7 Å². The Morgan fingerprint density at radius 1 is 1.38 bits per heavy atom. The van der Waals surface area contributed by atoms with E-state index in [0.29, 0.717) is 5.69 Å². The maximum absolute atomic E-state index is 11.4. The molecule has 1 aliphatic carbocycles. The van der Waals surface area contributed by atoms with Crippen LogP contribution in [0.1, 0.15) is 12.8 Å². The molecular formula is C10H10ClNO3S. The molecule has 1 amide bonds. The molecule has 6 heteroatoms. The first-order chi connectivity index (χ1) is 7.47. The number of carbonyl (C=O) groups excluding carboxylic acids is 1. The third kappa shape index (κ3) is 2.74. The Labute approximate surface area is 98.0 Å². The highest BCUT2D eigenvalue weighted by atomic mass is 35.7. The zero-order valence-corrected chi connectivity index (χ0v) is 9.88. The fourth-order valence-electron chi connectivity index (χ4n) is 1.32. The zero-order chi connectivity index (χ0) is 11.8. The van der Waals surface area contributed by atoms with E-state index >= 15 is 0 Å². The molecule has 4 nitrogen and oxygen atoms in total. The molecule has 0 heterocycles. The lowest BCUT2D eigenvalue weighted by Gasteiger charge is -2.04. The highest BCUT2D eigenvalue weighted by molar-refractivity contribution is 8.13. The second-order valence-corrected chi connectivity index (χ2v) is 6.30. The summed E-state index contributed by atoms with van der Waals surface area (Å²) in [5.74, 6) is 0.0142. The molecule has 0 saturated heterocycles. The minimum atomic E-state index is -3.74. The molecule has 1 fully saturated rings. The first-order valence-corrected chi connectivity index (χ1v) is 7.13. The third-order valence-corrected chi connectivity index (χ3v) is 3.68. The zero-order valence-electron chi connectivity index (χ0n) is 8.31. The van der Waals surface area contributed by atoms with Crippen molar-refractivity contribution >= 4 is 31.3 Å². The summed E-state index contributed by atoms with van der Waals surface area (Å²) in [6.45, 7) is 0. The number of halogens is 1. The minimum Gasteiger partial charge on any atom is -0.326 e. The molecule has 0 atom stereocenters. The standard InChI is InChI=1S/C10H10ClNO3S/c11-16(14,15)9-3-1-2-8(6-9)12-10(13)7-4-5-7/h1-3,6-7H,4-5H2,(H,12,13). The number of amides is 1. The van der Waals surface area contributed by atoms with E-state index in [-0.39, 0.29) is 16.7 Å². The van der Waals surface area contributed by atoms with Crippen molar-refractivity contribution in [2.24, 2.45) is 5.92 Å². The van der Waals surface area contributed by atoms with E-state index in [0.717, 1.165) is 12.8 Å². The summed E-state index contributed by atoms with van der Waals surface area (Å²) < 4.78 is 22.1. The van der Waals surface area contributed by atoms with Crippen molar-refractivity contribution < 1.29 is 13.2 Å². The van der Waals surface area contributed by atoms with Crippen molar-refractivity contribution in [2.75, 3.05) is 5.32 Å². The molecule has 1 saturated carbocycles. The minimum absolute atomic E-state index is 0.0113. The molecule has 0 unspecified atom stereocenters. The number of benzene rings is 1. The summed E-state index contributed by atoms with van der Waals surface area (Å²) in [5, 5.41) is 2.65. The highest BCUT2D eigenvalue weighted by Gasteiger charge is 2.29. The van der Waals surface area contributed by atoms with Crippen LogP contribution < -0.4 is 5.32 Å². The van der Waals surface area contributed by atoms with Crippen LogP contribution in [0.4, 0.5) is 5.69 Å². The lowest BCUT2D eigenvalue weighted by atomic mass is 10.3. The highest BCUT2D eigenvalue weighted by Crippen LogP contribution is 2.30. The summed E-state index contributed by atoms with van der Waals surface area (Å²) in [5.41, 5.74) is 0.457. The van der Waals surface area contributed by atoms with Crippen molar-refractivity contribution in [1.29, 1.82) is 0 Å². The summed E-state index contributed by atoms with van der Waals surface area (Å²) in [6, 6.07) is 5.90. The number of hydrogen-bond acceptors (Lipinski definition) is 3. The second-order valence-electron chi connectivity index (χ2n) is 3.73. The first-order valence-electron chi connectivity index (χ1n) is 4.82. The molecule has 2 rings (SSSR count). The fraction of sp³-hybridized carbons (Fsp3) is 0.300. The van der Waals surface area contributed by atoms with Crippen LogP contribution in [-0.4, -0.2) is 14.3 Å². The van der Waals surface area contributed by atoms with Gasteiger partial charge in [0.05, 0.1) is 4.90 Å². The van der Waals surface area contributed by atoms with Gasteiger partial charge in [-0.1, -0.05) is 6.07 Å². The van der Waals surface area contributed by atoms with Gasteiger partial charge in [-0.05, 0) is 31.0 Å². The van der Waals surface area contributed by atoms with Gasteiger partial charge in [-0.25, -0.2) is 8.42 Å². The Kier molecular flexibility index (Phi) is 2.90. The van der Waals surface area contributed by atoms with Gasteiger partial charge >= 0.3 is 0 Å². The van der Waals surface area contributed by atoms with Gasteiger partial charge < -0.3 is 5.32 Å². The van der Waals surface area contributed by atoms with E-state index in [9.17, 15) is 13.2 Å². The van der Waals surface area contributed by atoms with E-state index in [4.69, 9.17) is 10.7 Å². The Morgan fingerprint density at radius 3 is 2.62 bits per heavy atom. The second kappa shape index (κ2) is 4.07. The van der Waals surface area contributed by atoms with E-state index in [1.807, 2.05) is 0 Å². The van der Waals surface area contributed by atoms with Gasteiger partial charge in [0.25, 0.3) is 9.05 Å². The number of carbonyl (C=O) groups is 1. The largest absolute Gasteiger partial charge is 0.326 e. The summed E-state index contributed by atoms with van der Waals surface area (Å²) in [6.07, 6.45) is 1.80. The molecule has 0 radical (unpaired) electrons. The maximum atomic E-state index is 11.4. The molecule has 1 aromatic rings. The first kappa shape index (κ1) is 11.4. The predicted octanol–water partition coefficient (Wildman–Crippen LogP) is 1.96. The Morgan fingerprint density at radius 2 is 2.06 bits per heavy atom. The molecule has 16 heavy (non-hydrogen) atoms. The lowest BCUT2D eigenvalue weighted by molar-refractivity contribution is -0.117. The SMILES string of the molecule is O=C(Nc1cccc(S(=O)(=O)Cl)c1)C1CC1. The monoisotopic (exact) mass is 259 g/mol. The average Bonchev–Trinajstić information content (AvgIpc) is 2.99. The lowest BCUT2D eigenvalue weighted by Crippen LogP contribution is -2.13. The predicted molar refractivity (Wildman–Crippen MR) is 60.8 cm³/mol. The van der Waals surface area contributed by atoms with Crippen LogP contribution in [0, 0.1) is 5.92 Å². The van der Waals surface area contributed by atoms with Gasteiger partial charge in [-0.15, -0.1) is 0 Å². The van der Waals surface area contributed by atoms with Crippen LogP contribution in [0.3, 0.4) is 0 Å². The van der Waals surface area contributed by atoms with Crippen molar-refractivity contribution in [2.45, 2.75) is 17.7 Å². The Balaban J connectivity index is 2.19. The summed E-state index contributed by atoms with van der Waals surface area (Å²) in [4.78, 5) is 11.4. The van der Waals surface area contributed by atoms with Gasteiger partial charge in [0.15, 0.2) is 0 Å². The molecule has 1 aromatic carbocycles. The summed E-state index contributed by atoms with van der Waals surface area (Å²) in [7, 11) is 1.46. The summed E-state index contributed by atoms with van der Waals surface area (Å²) >= 11 is 0. The van der Waals surface area contributed by atoms with Crippen LogP contribution in [-0.2, 0) is 13.8 Å². The van der Waals surface area contributed by atoms with Crippen LogP contribution in [0.15, 0.2) is 29.2 Å². The van der Waals surface area contributed by atoms with Crippen molar-refractivity contribution in [1.82, 2.24) is 0 Å². The quantitative estimate of drug-likeness (QED) is 0.844. The van der Waals surface area contributed by atoms with E-state index in [1.54, 1.807) is 6.07 Å². The van der Waals surface area contributed by atoms with Crippen LogP contribution in [0.2, 0.25) is 0 Å². The molecule has 1 N–H and O–H groups in total. The number of anilines is 1. The van der Waals surface area contributed by atoms with Gasteiger partial charge in [-0.2, -0.15) is 0 Å². The average molecular weight is 260 g/mol. The number of rotatable bonds is 3. The third-order valence-electron chi connectivity index (χ3n) is 2.33. The van der Waals surface area contributed by atoms with Crippen LogP contribution in [0.25, 0.3) is 0 Å². The normalized spacial score (nSPS) is 15.8. The molecule has 1 aliphatic rings. The van der Waals surface area contributed by atoms with E-state index < -0.39 is 9.05 Å². The van der Waals surface area contributed by atoms with Crippen LogP contribution in [0.5, 0.6) is 0 Å². The molecule has 0 spiro atoms. The Bertz CT molecular complexity index is 523. The molecule has 0 bridgehead atoms.